The molecule has 190 valence electrons. The Hall–Kier alpha value is -3.41. The van der Waals surface area contributed by atoms with Crippen LogP contribution >= 0.6 is 0 Å². The predicted molar refractivity (Wildman–Crippen MR) is 144 cm³/mol. The zero-order valence-corrected chi connectivity index (χ0v) is 21.7. The van der Waals surface area contributed by atoms with E-state index in [2.05, 4.69) is 54.2 Å². The molecule has 0 fully saturated rings. The molecule has 1 atom stereocenters. The molecule has 4 rings (SSSR count). The quantitative estimate of drug-likeness (QED) is 0.306. The normalized spacial score (nSPS) is 14.5. The summed E-state index contributed by atoms with van der Waals surface area (Å²) < 4.78 is 6.01. The van der Waals surface area contributed by atoms with Gasteiger partial charge in [0, 0.05) is 30.9 Å². The molecule has 6 heteroatoms. The monoisotopic (exact) mass is 487 g/mol. The first kappa shape index (κ1) is 25.7. The van der Waals surface area contributed by atoms with Gasteiger partial charge in [-0.15, -0.1) is 0 Å². The number of rotatable bonds is 12. The molecule has 0 spiro atoms. The number of unbranched alkanes of at least 4 members (excludes halogenated alkanes) is 1. The Labute approximate surface area is 214 Å². The summed E-state index contributed by atoms with van der Waals surface area (Å²) in [5.74, 6) is 1.92. The van der Waals surface area contributed by atoms with Gasteiger partial charge in [0.1, 0.15) is 11.6 Å². The van der Waals surface area contributed by atoms with Gasteiger partial charge in [0.2, 0.25) is 0 Å². The molecule has 6 nitrogen and oxygen atoms in total. The van der Waals surface area contributed by atoms with Gasteiger partial charge >= 0.3 is 5.97 Å². The number of aromatic nitrogens is 2. The number of carboxylic acids is 1. The van der Waals surface area contributed by atoms with Crippen molar-refractivity contribution >= 4 is 11.8 Å². The number of hydrogen-bond acceptors (Lipinski definition) is 5. The maximum absolute atomic E-state index is 11.1. The third-order valence-electron chi connectivity index (χ3n) is 6.91. The molecule has 0 radical (unpaired) electrons. The van der Waals surface area contributed by atoms with Crippen molar-refractivity contribution < 1.29 is 14.6 Å². The van der Waals surface area contributed by atoms with Crippen molar-refractivity contribution in [2.75, 3.05) is 25.1 Å². The fraction of sp³-hybridized carbons (Fsp3) is 0.433. The number of aryl methyl sites for hydroxylation is 3. The predicted octanol–water partition coefficient (Wildman–Crippen LogP) is 6.20. The first-order valence-electron chi connectivity index (χ1n) is 13.1. The van der Waals surface area contributed by atoms with E-state index in [1.807, 2.05) is 25.1 Å². The Balaban J connectivity index is 1.30. The molecule has 0 bridgehead atoms. The first-order chi connectivity index (χ1) is 17.4. The lowest BCUT2D eigenvalue weighted by atomic mass is 9.98. The van der Waals surface area contributed by atoms with Crippen LogP contribution in [0, 0.1) is 6.92 Å². The van der Waals surface area contributed by atoms with Crippen LogP contribution in [0.4, 0.5) is 5.82 Å². The molecule has 2 aromatic carbocycles. The highest BCUT2D eigenvalue weighted by atomic mass is 16.5. The Morgan fingerprint density at radius 3 is 2.67 bits per heavy atom. The maximum atomic E-state index is 11.1. The van der Waals surface area contributed by atoms with Gasteiger partial charge < -0.3 is 14.7 Å². The van der Waals surface area contributed by atoms with E-state index in [0.717, 1.165) is 66.4 Å². The molecular weight excluding hydrogens is 450 g/mol. The zero-order chi connectivity index (χ0) is 25.5. The molecular formula is C30H37N3O3. The van der Waals surface area contributed by atoms with E-state index in [1.54, 1.807) is 0 Å². The molecule has 0 saturated carbocycles. The number of anilines is 1. The number of hydrogen-bond donors (Lipinski definition) is 1. The van der Waals surface area contributed by atoms with Crippen molar-refractivity contribution in [3.8, 4) is 17.1 Å². The summed E-state index contributed by atoms with van der Waals surface area (Å²) in [5.41, 5.74) is 5.73. The van der Waals surface area contributed by atoms with Crippen molar-refractivity contribution in [3.05, 3.63) is 70.9 Å². The van der Waals surface area contributed by atoms with Crippen LogP contribution in [0.25, 0.3) is 11.4 Å². The molecule has 1 aliphatic carbocycles. The van der Waals surface area contributed by atoms with E-state index < -0.39 is 5.97 Å². The third-order valence-corrected chi connectivity index (χ3v) is 6.91. The lowest BCUT2D eigenvalue weighted by Crippen LogP contribution is -2.22. The van der Waals surface area contributed by atoms with E-state index in [1.165, 1.54) is 24.0 Å². The molecule has 0 saturated heterocycles. The second-order valence-corrected chi connectivity index (χ2v) is 9.81. The van der Waals surface area contributed by atoms with Crippen LogP contribution in [0.5, 0.6) is 5.75 Å². The van der Waals surface area contributed by atoms with Crippen LogP contribution in [-0.2, 0) is 17.6 Å². The minimum Gasteiger partial charge on any atom is -0.494 e. The number of benzene rings is 2. The Morgan fingerprint density at radius 1 is 1.11 bits per heavy atom. The maximum Gasteiger partial charge on any atom is 0.303 e. The van der Waals surface area contributed by atoms with Crippen molar-refractivity contribution in [2.24, 2.45) is 0 Å². The zero-order valence-electron chi connectivity index (χ0n) is 21.7. The summed E-state index contributed by atoms with van der Waals surface area (Å²) in [6.45, 7) is 5.65. The van der Waals surface area contributed by atoms with Gasteiger partial charge in [-0.1, -0.05) is 43.7 Å². The molecule has 0 unspecified atom stereocenters. The van der Waals surface area contributed by atoms with Crippen LogP contribution in [0.3, 0.4) is 0 Å². The number of fused-ring (bicyclic) bond motifs is 1. The summed E-state index contributed by atoms with van der Waals surface area (Å²) in [7, 11) is 2.05. The standard InChI is InChI=1S/C30H37N3O3/c1-4-5-7-22-8-10-23(11-9-22)30-31-21(2)18-28(32-30)33(3)16-6-17-36-26-14-15-27-24(19-26)12-13-25(27)20-29(34)35/h8-11,14-15,18-19,25H,4-7,12-13,16-17,20H2,1-3H3,(H,34,35)/t25-/m0/s1. The van der Waals surface area contributed by atoms with E-state index >= 15 is 0 Å². The molecule has 1 aliphatic rings. The fourth-order valence-electron chi connectivity index (χ4n) is 4.88. The van der Waals surface area contributed by atoms with Crippen LogP contribution in [0.1, 0.15) is 67.3 Å². The number of aliphatic carboxylic acids is 1. The summed E-state index contributed by atoms with van der Waals surface area (Å²) in [6.07, 6.45) is 6.40. The first-order valence-corrected chi connectivity index (χ1v) is 13.1. The van der Waals surface area contributed by atoms with Crippen LogP contribution in [-0.4, -0.2) is 41.2 Å². The largest absolute Gasteiger partial charge is 0.494 e. The second kappa shape index (κ2) is 12.0. The highest BCUT2D eigenvalue weighted by Gasteiger charge is 2.24. The van der Waals surface area contributed by atoms with Crippen LogP contribution in [0.2, 0.25) is 0 Å². The van der Waals surface area contributed by atoms with E-state index in [4.69, 9.17) is 14.8 Å². The smallest absolute Gasteiger partial charge is 0.303 e. The molecule has 36 heavy (non-hydrogen) atoms. The minimum atomic E-state index is -0.733. The Morgan fingerprint density at radius 2 is 1.92 bits per heavy atom. The summed E-state index contributed by atoms with van der Waals surface area (Å²) in [4.78, 5) is 22.7. The molecule has 0 aliphatic heterocycles. The lowest BCUT2D eigenvalue weighted by molar-refractivity contribution is -0.137. The van der Waals surface area contributed by atoms with E-state index in [-0.39, 0.29) is 12.3 Å². The van der Waals surface area contributed by atoms with Crippen molar-refractivity contribution in [3.63, 3.8) is 0 Å². The summed E-state index contributed by atoms with van der Waals surface area (Å²) >= 11 is 0. The average molecular weight is 488 g/mol. The van der Waals surface area contributed by atoms with E-state index in [9.17, 15) is 4.79 Å². The third kappa shape index (κ3) is 6.62. The minimum absolute atomic E-state index is 0.125. The SMILES string of the molecule is CCCCc1ccc(-c2nc(C)cc(N(C)CCCOc3ccc4c(c3)CC[C@H]4CC(=O)O)n2)cc1. The van der Waals surface area contributed by atoms with Gasteiger partial charge in [-0.2, -0.15) is 0 Å². The molecule has 1 N–H and O–H groups in total. The number of carboxylic acid groups (broad SMARTS) is 1. The van der Waals surface area contributed by atoms with Gasteiger partial charge in [0.25, 0.3) is 0 Å². The summed E-state index contributed by atoms with van der Waals surface area (Å²) in [6, 6.07) is 16.7. The highest BCUT2D eigenvalue weighted by Crippen LogP contribution is 2.37. The lowest BCUT2D eigenvalue weighted by Gasteiger charge is -2.19. The van der Waals surface area contributed by atoms with Crippen LogP contribution < -0.4 is 9.64 Å². The van der Waals surface area contributed by atoms with Gasteiger partial charge in [0.05, 0.1) is 13.0 Å². The van der Waals surface area contributed by atoms with Gasteiger partial charge in [-0.25, -0.2) is 9.97 Å². The Kier molecular flexibility index (Phi) is 8.57. The number of carbonyl (C=O) groups is 1. The molecule has 1 aromatic heterocycles. The van der Waals surface area contributed by atoms with Crippen molar-refractivity contribution in [2.45, 2.75) is 64.7 Å². The topological polar surface area (TPSA) is 75.6 Å². The molecule has 0 amide bonds. The number of ether oxygens (including phenoxy) is 1. The van der Waals surface area contributed by atoms with Crippen molar-refractivity contribution in [1.29, 1.82) is 0 Å². The van der Waals surface area contributed by atoms with E-state index in [0.29, 0.717) is 6.61 Å². The van der Waals surface area contributed by atoms with Gasteiger partial charge in [-0.05, 0) is 73.8 Å². The van der Waals surface area contributed by atoms with Gasteiger partial charge in [-0.3, -0.25) is 4.79 Å². The number of nitrogens with zero attached hydrogens (tertiary/aromatic N) is 3. The average Bonchev–Trinajstić information content (AvgIpc) is 3.26. The van der Waals surface area contributed by atoms with Crippen LogP contribution in [0.15, 0.2) is 48.5 Å². The summed E-state index contributed by atoms with van der Waals surface area (Å²) in [5, 5.41) is 9.11. The Bertz CT molecular complexity index is 1180. The van der Waals surface area contributed by atoms with Crippen molar-refractivity contribution in [1.82, 2.24) is 9.97 Å². The van der Waals surface area contributed by atoms with Gasteiger partial charge in [0.15, 0.2) is 5.82 Å². The molecule has 1 heterocycles. The molecule has 3 aromatic rings. The fourth-order valence-corrected chi connectivity index (χ4v) is 4.88. The second-order valence-electron chi connectivity index (χ2n) is 9.81. The highest BCUT2D eigenvalue weighted by molar-refractivity contribution is 5.68.